The molecule has 2 amide bonds. The van der Waals surface area contributed by atoms with Crippen LogP contribution in [0.1, 0.15) is 44.0 Å². The minimum Gasteiger partial charge on any atom is -0.324 e. The third-order valence-corrected chi connectivity index (χ3v) is 8.29. The molecule has 10 heteroatoms. The van der Waals surface area contributed by atoms with E-state index in [1.165, 1.54) is 8.99 Å². The van der Waals surface area contributed by atoms with E-state index < -0.39 is 10.0 Å². The van der Waals surface area contributed by atoms with Crippen molar-refractivity contribution in [3.8, 4) is 0 Å². The minimum absolute atomic E-state index is 0.116. The average molecular weight is 460 g/mol. The van der Waals surface area contributed by atoms with E-state index in [4.69, 9.17) is 0 Å². The molecule has 1 N–H and O–H groups in total. The Morgan fingerprint density at radius 3 is 2.56 bits per heavy atom. The fraction of sp³-hybridized carbons (Fsp3) is 0.500. The Labute approximate surface area is 188 Å². The van der Waals surface area contributed by atoms with E-state index in [1.807, 2.05) is 13.0 Å². The van der Waals surface area contributed by atoms with Crippen LogP contribution in [0, 0.1) is 13.8 Å². The summed E-state index contributed by atoms with van der Waals surface area (Å²) in [5.74, 6) is -0.407. The lowest BCUT2D eigenvalue weighted by Gasteiger charge is -2.28. The number of fused-ring (bicyclic) bond motifs is 1. The number of hydrogen-bond acceptors (Lipinski definition) is 5. The lowest BCUT2D eigenvalue weighted by molar-refractivity contribution is -0.120. The summed E-state index contributed by atoms with van der Waals surface area (Å²) in [6.45, 7) is 6.08. The van der Waals surface area contributed by atoms with Gasteiger partial charge in [-0.3, -0.25) is 14.3 Å². The zero-order valence-electron chi connectivity index (χ0n) is 18.7. The van der Waals surface area contributed by atoms with Gasteiger partial charge in [0.2, 0.25) is 21.8 Å². The number of piperidine rings is 1. The number of benzene rings is 1. The molecule has 1 saturated heterocycles. The summed E-state index contributed by atoms with van der Waals surface area (Å²) in [5.41, 5.74) is 2.05. The molecule has 172 valence electrons. The highest BCUT2D eigenvalue weighted by Gasteiger charge is 2.34. The van der Waals surface area contributed by atoms with E-state index >= 15 is 0 Å². The molecule has 0 saturated carbocycles. The first-order valence-corrected chi connectivity index (χ1v) is 12.4. The van der Waals surface area contributed by atoms with Crippen LogP contribution in [0.3, 0.4) is 0 Å². The van der Waals surface area contributed by atoms with Gasteiger partial charge in [0.15, 0.2) is 0 Å². The third-order valence-electron chi connectivity index (χ3n) is 6.14. The van der Waals surface area contributed by atoms with E-state index in [0.717, 1.165) is 19.3 Å². The second-order valence-electron chi connectivity index (χ2n) is 8.50. The van der Waals surface area contributed by atoms with Gasteiger partial charge in [-0.25, -0.2) is 8.42 Å². The number of aryl methyl sites for hydroxylation is 1. The fourth-order valence-electron chi connectivity index (χ4n) is 4.61. The molecular weight excluding hydrogens is 430 g/mol. The van der Waals surface area contributed by atoms with Crippen molar-refractivity contribution in [1.29, 1.82) is 0 Å². The number of anilines is 2. The van der Waals surface area contributed by atoms with Crippen LogP contribution in [-0.2, 0) is 26.2 Å². The van der Waals surface area contributed by atoms with Crippen LogP contribution in [-0.4, -0.2) is 53.4 Å². The molecule has 2 aliphatic rings. The van der Waals surface area contributed by atoms with Crippen molar-refractivity contribution in [2.24, 2.45) is 0 Å². The molecule has 0 spiro atoms. The fourth-order valence-corrected chi connectivity index (χ4v) is 6.50. The van der Waals surface area contributed by atoms with Crippen molar-refractivity contribution < 1.29 is 18.0 Å². The van der Waals surface area contributed by atoms with Gasteiger partial charge in [-0.2, -0.15) is 9.40 Å². The van der Waals surface area contributed by atoms with Crippen LogP contribution in [0.5, 0.6) is 0 Å². The summed E-state index contributed by atoms with van der Waals surface area (Å²) < 4.78 is 29.5. The number of hydrogen-bond donors (Lipinski definition) is 1. The molecule has 0 radical (unpaired) electrons. The Morgan fingerprint density at radius 1 is 1.16 bits per heavy atom. The van der Waals surface area contributed by atoms with E-state index in [9.17, 15) is 18.0 Å². The lowest BCUT2D eigenvalue weighted by Crippen LogP contribution is -2.41. The van der Waals surface area contributed by atoms with Crippen molar-refractivity contribution in [1.82, 2.24) is 14.1 Å². The molecule has 9 nitrogen and oxygen atoms in total. The van der Waals surface area contributed by atoms with Crippen LogP contribution >= 0.6 is 0 Å². The Kier molecular flexibility index (Phi) is 6.09. The van der Waals surface area contributed by atoms with E-state index in [1.54, 1.807) is 36.9 Å². The number of rotatable bonds is 4. The molecule has 0 unspecified atom stereocenters. The summed E-state index contributed by atoms with van der Waals surface area (Å²) in [5, 5.41) is 7.25. The molecule has 2 aromatic rings. The largest absolute Gasteiger partial charge is 0.324 e. The first-order chi connectivity index (χ1) is 15.2. The summed E-state index contributed by atoms with van der Waals surface area (Å²) in [6, 6.07) is 6.83. The molecule has 1 aromatic heterocycles. The minimum atomic E-state index is -3.67. The zero-order chi connectivity index (χ0) is 23.0. The van der Waals surface area contributed by atoms with Crippen molar-refractivity contribution in [3.05, 3.63) is 35.7 Å². The highest BCUT2D eigenvalue weighted by Crippen LogP contribution is 2.32. The Hall–Kier alpha value is -2.72. The zero-order valence-corrected chi connectivity index (χ0v) is 19.5. The van der Waals surface area contributed by atoms with Gasteiger partial charge in [-0.15, -0.1) is 0 Å². The second kappa shape index (κ2) is 8.67. The topological polar surface area (TPSA) is 105 Å². The molecule has 1 atom stereocenters. The molecule has 1 aromatic carbocycles. The van der Waals surface area contributed by atoms with Gasteiger partial charge < -0.3 is 10.2 Å². The van der Waals surface area contributed by atoms with E-state index in [0.29, 0.717) is 35.9 Å². The van der Waals surface area contributed by atoms with Crippen LogP contribution in [0.25, 0.3) is 0 Å². The second-order valence-corrected chi connectivity index (χ2v) is 10.4. The average Bonchev–Trinajstić information content (AvgIpc) is 2.95. The standard InChI is InChI=1S/C22H29N5O4S/c1-15-13-20(28)23-18-9-5-6-10-19(18)27(15)21(29)14-26-17(3)22(16(2)24-26)32(30,31)25-11-7-4-8-12-25/h5-6,9-10,15H,4,7-8,11-14H2,1-3H3,(H,23,28)/t15-/m1/s1. The van der Waals surface area contributed by atoms with E-state index in [2.05, 4.69) is 10.4 Å². The molecule has 2 aliphatic heterocycles. The number of carbonyl (C=O) groups is 2. The maximum absolute atomic E-state index is 13.4. The molecule has 0 bridgehead atoms. The van der Waals surface area contributed by atoms with E-state index in [-0.39, 0.29) is 35.7 Å². The number of para-hydroxylation sites is 2. The van der Waals surface area contributed by atoms with Crippen LogP contribution in [0.15, 0.2) is 29.2 Å². The molecule has 3 heterocycles. The Balaban J connectivity index is 1.65. The van der Waals surface area contributed by atoms with Crippen molar-refractivity contribution in [3.63, 3.8) is 0 Å². The Morgan fingerprint density at radius 2 is 1.84 bits per heavy atom. The van der Waals surface area contributed by atoms with Crippen LogP contribution in [0.4, 0.5) is 11.4 Å². The molecule has 4 rings (SSSR count). The first-order valence-electron chi connectivity index (χ1n) is 10.9. The lowest BCUT2D eigenvalue weighted by atomic mass is 10.1. The number of nitrogens with one attached hydrogen (secondary N) is 1. The summed E-state index contributed by atoms with van der Waals surface area (Å²) in [6.07, 6.45) is 2.91. The van der Waals surface area contributed by atoms with Crippen molar-refractivity contribution in [2.45, 2.75) is 63.9 Å². The predicted octanol–water partition coefficient (Wildman–Crippen LogP) is 2.44. The Bertz CT molecular complexity index is 1150. The van der Waals surface area contributed by atoms with Gasteiger partial charge in [-0.05, 0) is 45.7 Å². The third kappa shape index (κ3) is 4.04. The quantitative estimate of drug-likeness (QED) is 0.756. The molecule has 0 aliphatic carbocycles. The van der Waals surface area contributed by atoms with Gasteiger partial charge in [0, 0.05) is 25.6 Å². The number of carbonyl (C=O) groups excluding carboxylic acids is 2. The van der Waals surface area contributed by atoms with Crippen LogP contribution in [0.2, 0.25) is 0 Å². The maximum Gasteiger partial charge on any atom is 0.249 e. The van der Waals surface area contributed by atoms with Gasteiger partial charge in [0.25, 0.3) is 0 Å². The number of nitrogens with zero attached hydrogens (tertiary/aromatic N) is 4. The van der Waals surface area contributed by atoms with Gasteiger partial charge in [-0.1, -0.05) is 18.6 Å². The highest BCUT2D eigenvalue weighted by atomic mass is 32.2. The SMILES string of the molecule is Cc1nn(CC(=O)N2c3ccccc3NC(=O)C[C@H]2C)c(C)c1S(=O)(=O)N1CCCCC1. The summed E-state index contributed by atoms with van der Waals surface area (Å²) in [4.78, 5) is 27.4. The summed E-state index contributed by atoms with van der Waals surface area (Å²) in [7, 11) is -3.67. The van der Waals surface area contributed by atoms with Gasteiger partial charge in [0.05, 0.1) is 22.8 Å². The smallest absolute Gasteiger partial charge is 0.249 e. The monoisotopic (exact) mass is 459 g/mol. The van der Waals surface area contributed by atoms with Gasteiger partial charge in [0.1, 0.15) is 11.4 Å². The predicted molar refractivity (Wildman–Crippen MR) is 121 cm³/mol. The van der Waals surface area contributed by atoms with Crippen LogP contribution < -0.4 is 10.2 Å². The van der Waals surface area contributed by atoms with Crippen molar-refractivity contribution in [2.75, 3.05) is 23.3 Å². The molecule has 32 heavy (non-hydrogen) atoms. The molecule has 1 fully saturated rings. The number of amides is 2. The number of sulfonamides is 1. The normalized spacial score (nSPS) is 19.9. The number of aromatic nitrogens is 2. The molecular formula is C22H29N5O4S. The maximum atomic E-state index is 13.4. The van der Waals surface area contributed by atoms with Gasteiger partial charge >= 0.3 is 0 Å². The highest BCUT2D eigenvalue weighted by molar-refractivity contribution is 7.89. The summed E-state index contributed by atoms with van der Waals surface area (Å²) >= 11 is 0. The van der Waals surface area contributed by atoms with Crippen molar-refractivity contribution >= 4 is 33.2 Å². The first kappa shape index (κ1) is 22.5.